The topological polar surface area (TPSA) is 50.2 Å². The third kappa shape index (κ3) is 3.52. The molecular weight excluding hydrogens is 276 g/mol. The minimum absolute atomic E-state index is 0.251. The predicted molar refractivity (Wildman–Crippen MR) is 79.8 cm³/mol. The highest BCUT2D eigenvalue weighted by molar-refractivity contribution is 6.31. The first kappa shape index (κ1) is 15.3. The number of nitrogens with zero attached hydrogens (tertiary/aromatic N) is 3. The molecule has 0 spiro atoms. The van der Waals surface area contributed by atoms with E-state index < -0.39 is 0 Å². The van der Waals surface area contributed by atoms with E-state index in [0.29, 0.717) is 19.5 Å². The van der Waals surface area contributed by atoms with Crippen molar-refractivity contribution in [1.29, 1.82) is 0 Å². The zero-order chi connectivity index (χ0) is 14.5. The average molecular weight is 299 g/mol. The number of hydrogen-bond donors (Lipinski definition) is 1. The van der Waals surface area contributed by atoms with E-state index in [-0.39, 0.29) is 5.91 Å². The predicted octanol–water partition coefficient (Wildman–Crippen LogP) is 1.97. The Morgan fingerprint density at radius 1 is 1.40 bits per heavy atom. The largest absolute Gasteiger partial charge is 0.343 e. The van der Waals surface area contributed by atoms with Gasteiger partial charge in [0.05, 0.1) is 16.4 Å². The van der Waals surface area contributed by atoms with E-state index in [1.165, 1.54) is 0 Å². The van der Waals surface area contributed by atoms with Gasteiger partial charge in [-0.2, -0.15) is 5.10 Å². The third-order valence-corrected chi connectivity index (χ3v) is 4.21. The summed E-state index contributed by atoms with van der Waals surface area (Å²) in [6, 6.07) is 0. The number of nitrogens with one attached hydrogen (secondary N) is 1. The number of hydrogen-bond acceptors (Lipinski definition) is 3. The highest BCUT2D eigenvalue weighted by atomic mass is 35.5. The molecule has 0 aromatic carbocycles. The molecule has 1 N–H and O–H groups in total. The van der Waals surface area contributed by atoms with Crippen LogP contribution in [0.2, 0.25) is 5.02 Å². The van der Waals surface area contributed by atoms with Gasteiger partial charge in [-0.15, -0.1) is 0 Å². The minimum atomic E-state index is 0.251. The van der Waals surface area contributed by atoms with Crippen LogP contribution in [0.4, 0.5) is 0 Å². The minimum Gasteiger partial charge on any atom is -0.343 e. The molecule has 1 aromatic heterocycles. The Labute approximate surface area is 125 Å². The van der Waals surface area contributed by atoms with Crippen molar-refractivity contribution in [3.63, 3.8) is 0 Å². The van der Waals surface area contributed by atoms with Crippen LogP contribution >= 0.6 is 11.6 Å². The summed E-state index contributed by atoms with van der Waals surface area (Å²) < 4.78 is 1.91. The third-order valence-electron chi connectivity index (χ3n) is 3.72. The molecule has 1 fully saturated rings. The fraction of sp³-hybridized carbons (Fsp3) is 0.714. The van der Waals surface area contributed by atoms with Gasteiger partial charge in [-0.1, -0.05) is 11.6 Å². The molecule has 2 rings (SSSR count). The number of likely N-dealkylation sites (tertiary alicyclic amines) is 1. The highest BCUT2D eigenvalue weighted by Crippen LogP contribution is 2.19. The van der Waals surface area contributed by atoms with Crippen molar-refractivity contribution in [2.24, 2.45) is 0 Å². The first-order valence-corrected chi connectivity index (χ1v) is 7.71. The van der Waals surface area contributed by atoms with Gasteiger partial charge < -0.3 is 10.2 Å². The van der Waals surface area contributed by atoms with Crippen LogP contribution in [0.25, 0.3) is 0 Å². The number of aromatic nitrogens is 2. The lowest BCUT2D eigenvalue weighted by Crippen LogP contribution is -2.30. The Balaban J connectivity index is 1.77. The summed E-state index contributed by atoms with van der Waals surface area (Å²) in [6.07, 6.45) is 2.84. The Kier molecular flexibility index (Phi) is 5.43. The molecule has 5 nitrogen and oxygen atoms in total. The van der Waals surface area contributed by atoms with E-state index in [1.807, 2.05) is 23.4 Å². The second kappa shape index (κ2) is 7.09. The van der Waals surface area contributed by atoms with Crippen molar-refractivity contribution in [2.75, 3.05) is 19.6 Å². The van der Waals surface area contributed by atoms with Crippen LogP contribution in [0.5, 0.6) is 0 Å². The lowest BCUT2D eigenvalue weighted by molar-refractivity contribution is -0.130. The van der Waals surface area contributed by atoms with E-state index in [9.17, 15) is 4.79 Å². The summed E-state index contributed by atoms with van der Waals surface area (Å²) >= 11 is 6.24. The van der Waals surface area contributed by atoms with Gasteiger partial charge in [0.1, 0.15) is 0 Å². The van der Waals surface area contributed by atoms with Crippen LogP contribution < -0.4 is 5.32 Å². The van der Waals surface area contributed by atoms with Crippen molar-refractivity contribution in [2.45, 2.75) is 46.2 Å². The summed E-state index contributed by atoms with van der Waals surface area (Å²) in [5.74, 6) is 0.251. The van der Waals surface area contributed by atoms with Crippen molar-refractivity contribution < 1.29 is 4.79 Å². The zero-order valence-electron chi connectivity index (χ0n) is 12.3. The standard InChI is InChI=1S/C14H23ClN4O/c1-3-19-12(14(15)11(2)17-19)10-16-7-6-13(20)18-8-4-5-9-18/h16H,3-10H2,1-2H3. The second-order valence-corrected chi connectivity index (χ2v) is 5.55. The molecule has 0 bridgehead atoms. The van der Waals surface area contributed by atoms with E-state index >= 15 is 0 Å². The SMILES string of the molecule is CCn1nc(C)c(Cl)c1CNCCC(=O)N1CCCC1. The van der Waals surface area contributed by atoms with Gasteiger partial charge in [-0.25, -0.2) is 0 Å². The summed E-state index contributed by atoms with van der Waals surface area (Å²) in [5.41, 5.74) is 1.86. The number of carbonyl (C=O) groups excluding carboxylic acids is 1. The van der Waals surface area contributed by atoms with Crippen LogP contribution in [-0.4, -0.2) is 40.2 Å². The zero-order valence-corrected chi connectivity index (χ0v) is 13.0. The van der Waals surface area contributed by atoms with Crippen LogP contribution in [0.3, 0.4) is 0 Å². The molecular formula is C14H23ClN4O. The number of aryl methyl sites for hydroxylation is 2. The smallest absolute Gasteiger partial charge is 0.223 e. The van der Waals surface area contributed by atoms with Gasteiger partial charge in [0.15, 0.2) is 0 Å². The quantitative estimate of drug-likeness (QED) is 0.817. The molecule has 1 amide bonds. The summed E-state index contributed by atoms with van der Waals surface area (Å²) in [6.45, 7) is 7.94. The Bertz CT molecular complexity index is 466. The molecule has 1 saturated heterocycles. The molecule has 1 aliphatic rings. The molecule has 1 aromatic rings. The van der Waals surface area contributed by atoms with Crippen LogP contribution in [0.1, 0.15) is 37.6 Å². The number of amides is 1. The Morgan fingerprint density at radius 3 is 2.75 bits per heavy atom. The van der Waals surface area contributed by atoms with Crippen molar-refractivity contribution in [1.82, 2.24) is 20.0 Å². The van der Waals surface area contributed by atoms with Gasteiger partial charge in [-0.3, -0.25) is 9.48 Å². The van der Waals surface area contributed by atoms with Crippen LogP contribution in [-0.2, 0) is 17.9 Å². The molecule has 0 atom stereocenters. The van der Waals surface area contributed by atoms with E-state index in [1.54, 1.807) is 0 Å². The van der Waals surface area contributed by atoms with Crippen LogP contribution in [0, 0.1) is 6.92 Å². The summed E-state index contributed by atoms with van der Waals surface area (Å²) in [5, 5.41) is 8.39. The van der Waals surface area contributed by atoms with Gasteiger partial charge in [0, 0.05) is 39.1 Å². The monoisotopic (exact) mass is 298 g/mol. The maximum absolute atomic E-state index is 11.9. The fourth-order valence-electron chi connectivity index (χ4n) is 2.56. The van der Waals surface area contributed by atoms with E-state index in [2.05, 4.69) is 10.4 Å². The van der Waals surface area contributed by atoms with E-state index in [0.717, 1.165) is 48.9 Å². The maximum Gasteiger partial charge on any atom is 0.223 e. The highest BCUT2D eigenvalue weighted by Gasteiger charge is 2.17. The molecule has 20 heavy (non-hydrogen) atoms. The number of carbonyl (C=O) groups is 1. The second-order valence-electron chi connectivity index (χ2n) is 5.18. The molecule has 0 saturated carbocycles. The molecule has 0 aliphatic carbocycles. The fourth-order valence-corrected chi connectivity index (χ4v) is 2.77. The van der Waals surface area contributed by atoms with Crippen molar-refractivity contribution in [3.05, 3.63) is 16.4 Å². The normalized spacial score (nSPS) is 15.1. The number of rotatable bonds is 6. The van der Waals surface area contributed by atoms with E-state index in [4.69, 9.17) is 11.6 Å². The average Bonchev–Trinajstić information content (AvgIpc) is 3.06. The molecule has 2 heterocycles. The van der Waals surface area contributed by atoms with Gasteiger partial charge in [-0.05, 0) is 26.7 Å². The van der Waals surface area contributed by atoms with Crippen LogP contribution in [0.15, 0.2) is 0 Å². The lowest BCUT2D eigenvalue weighted by atomic mass is 10.3. The van der Waals surface area contributed by atoms with Crippen molar-refractivity contribution in [3.8, 4) is 0 Å². The molecule has 6 heteroatoms. The number of halogens is 1. The molecule has 0 unspecified atom stereocenters. The maximum atomic E-state index is 11.9. The first-order chi connectivity index (χ1) is 9.63. The molecule has 112 valence electrons. The Morgan fingerprint density at radius 2 is 2.10 bits per heavy atom. The Hall–Kier alpha value is -1.07. The molecule has 1 aliphatic heterocycles. The molecule has 0 radical (unpaired) electrons. The van der Waals surface area contributed by atoms with Crippen molar-refractivity contribution >= 4 is 17.5 Å². The van der Waals surface area contributed by atoms with Gasteiger partial charge in [0.25, 0.3) is 0 Å². The lowest BCUT2D eigenvalue weighted by Gasteiger charge is -2.15. The van der Waals surface area contributed by atoms with Gasteiger partial charge in [0.2, 0.25) is 5.91 Å². The summed E-state index contributed by atoms with van der Waals surface area (Å²) in [4.78, 5) is 13.8. The van der Waals surface area contributed by atoms with Gasteiger partial charge >= 0.3 is 0 Å². The first-order valence-electron chi connectivity index (χ1n) is 7.33. The summed E-state index contributed by atoms with van der Waals surface area (Å²) in [7, 11) is 0.